The third kappa shape index (κ3) is 5.62. The van der Waals surface area contributed by atoms with E-state index in [4.69, 9.17) is 9.88 Å². The van der Waals surface area contributed by atoms with E-state index in [9.17, 15) is 26.4 Å². The zero-order chi connectivity index (χ0) is 22.8. The average Bonchev–Trinajstić information content (AvgIpc) is 2.68. The second-order valence-electron chi connectivity index (χ2n) is 6.65. The smallest absolute Gasteiger partial charge is 0.416 e. The lowest BCUT2D eigenvalue weighted by Crippen LogP contribution is -2.16. The van der Waals surface area contributed by atoms with E-state index in [1.807, 2.05) is 6.92 Å². The SMILES string of the molecule is Cc1ccc(Oc2ccc(C(F)(F)F)cc2C(=O)Nc2cccc(S(N)(=O)=O)c2)cc1. The van der Waals surface area contributed by atoms with Gasteiger partial charge >= 0.3 is 6.18 Å². The number of alkyl halides is 3. The summed E-state index contributed by atoms with van der Waals surface area (Å²) in [6.45, 7) is 1.86. The van der Waals surface area contributed by atoms with Crippen LogP contribution < -0.4 is 15.2 Å². The van der Waals surface area contributed by atoms with Crippen molar-refractivity contribution in [3.05, 3.63) is 83.4 Å². The third-order valence-corrected chi connectivity index (χ3v) is 5.13. The zero-order valence-corrected chi connectivity index (χ0v) is 16.9. The maximum absolute atomic E-state index is 13.2. The van der Waals surface area contributed by atoms with Crippen LogP contribution in [0.2, 0.25) is 0 Å². The molecule has 0 heterocycles. The number of amides is 1. The first kappa shape index (κ1) is 22.3. The van der Waals surface area contributed by atoms with Crippen molar-refractivity contribution >= 4 is 21.6 Å². The van der Waals surface area contributed by atoms with Crippen LogP contribution in [0.4, 0.5) is 18.9 Å². The van der Waals surface area contributed by atoms with Crippen molar-refractivity contribution in [3.8, 4) is 11.5 Å². The number of carbonyl (C=O) groups is 1. The highest BCUT2D eigenvalue weighted by Gasteiger charge is 2.32. The predicted octanol–water partition coefficient (Wildman–Crippen LogP) is 4.71. The van der Waals surface area contributed by atoms with E-state index in [-0.39, 0.29) is 21.9 Å². The maximum atomic E-state index is 13.2. The summed E-state index contributed by atoms with van der Waals surface area (Å²) >= 11 is 0. The quantitative estimate of drug-likeness (QED) is 0.588. The zero-order valence-electron chi connectivity index (χ0n) is 16.1. The van der Waals surface area contributed by atoms with Gasteiger partial charge in [0.1, 0.15) is 11.5 Å². The van der Waals surface area contributed by atoms with Gasteiger partial charge < -0.3 is 10.1 Å². The Kier molecular flexibility index (Phi) is 6.05. The topological polar surface area (TPSA) is 98.5 Å². The van der Waals surface area contributed by atoms with E-state index in [2.05, 4.69) is 5.32 Å². The van der Waals surface area contributed by atoms with Gasteiger partial charge in [-0.25, -0.2) is 13.6 Å². The molecule has 0 aromatic heterocycles. The van der Waals surface area contributed by atoms with E-state index in [1.165, 1.54) is 18.2 Å². The van der Waals surface area contributed by atoms with Gasteiger partial charge in [-0.3, -0.25) is 4.79 Å². The molecule has 6 nitrogen and oxygen atoms in total. The van der Waals surface area contributed by atoms with Crippen LogP contribution in [0.3, 0.4) is 0 Å². The molecule has 3 aromatic rings. The van der Waals surface area contributed by atoms with Crippen LogP contribution in [-0.2, 0) is 16.2 Å². The highest BCUT2D eigenvalue weighted by atomic mass is 32.2. The lowest BCUT2D eigenvalue weighted by Gasteiger charge is -2.15. The summed E-state index contributed by atoms with van der Waals surface area (Å²) in [5, 5.41) is 7.45. The molecule has 0 radical (unpaired) electrons. The number of ether oxygens (including phenoxy) is 1. The standard InChI is InChI=1S/C21H17F3N2O4S/c1-13-5-8-16(9-6-13)30-19-10-7-14(21(22,23)24)11-18(19)20(27)26-15-3-2-4-17(12-15)31(25,28)29/h2-12H,1H3,(H,26,27)(H2,25,28,29). The number of nitrogens with one attached hydrogen (secondary N) is 1. The summed E-state index contributed by atoms with van der Waals surface area (Å²) in [6, 6.07) is 14.3. The van der Waals surface area contributed by atoms with Crippen LogP contribution >= 0.6 is 0 Å². The number of nitrogens with two attached hydrogens (primary N) is 1. The highest BCUT2D eigenvalue weighted by Crippen LogP contribution is 2.34. The molecule has 0 aliphatic rings. The molecule has 10 heteroatoms. The van der Waals surface area contributed by atoms with Crippen molar-refractivity contribution < 1.29 is 31.1 Å². The molecule has 1 amide bonds. The summed E-state index contributed by atoms with van der Waals surface area (Å²) < 4.78 is 68.2. The first-order valence-corrected chi connectivity index (χ1v) is 10.4. The van der Waals surface area contributed by atoms with E-state index in [0.29, 0.717) is 11.8 Å². The molecule has 3 aromatic carbocycles. The molecule has 0 aliphatic carbocycles. The number of carbonyl (C=O) groups excluding carboxylic acids is 1. The first-order valence-electron chi connectivity index (χ1n) is 8.83. The molecule has 162 valence electrons. The molecule has 3 N–H and O–H groups in total. The molecule has 0 atom stereocenters. The average molecular weight is 450 g/mol. The normalized spacial score (nSPS) is 11.8. The minimum Gasteiger partial charge on any atom is -0.457 e. The van der Waals surface area contributed by atoms with Crippen molar-refractivity contribution in [3.63, 3.8) is 0 Å². The van der Waals surface area contributed by atoms with Crippen LogP contribution in [-0.4, -0.2) is 14.3 Å². The van der Waals surface area contributed by atoms with Crippen LogP contribution in [0.5, 0.6) is 11.5 Å². The number of anilines is 1. The highest BCUT2D eigenvalue weighted by molar-refractivity contribution is 7.89. The fourth-order valence-corrected chi connectivity index (χ4v) is 3.21. The molecule has 31 heavy (non-hydrogen) atoms. The molecule has 3 rings (SSSR count). The lowest BCUT2D eigenvalue weighted by atomic mass is 10.1. The summed E-state index contributed by atoms with van der Waals surface area (Å²) in [7, 11) is -4.03. The van der Waals surface area contributed by atoms with Gasteiger partial charge in [0.2, 0.25) is 10.0 Å². The van der Waals surface area contributed by atoms with Gasteiger partial charge in [0, 0.05) is 5.69 Å². The number of hydrogen-bond acceptors (Lipinski definition) is 4. The fourth-order valence-electron chi connectivity index (χ4n) is 2.66. The Bertz CT molecular complexity index is 1220. The first-order chi connectivity index (χ1) is 14.4. The Hall–Kier alpha value is -3.37. The van der Waals surface area contributed by atoms with E-state index >= 15 is 0 Å². The minimum atomic E-state index is -4.68. The monoisotopic (exact) mass is 450 g/mol. The molecular weight excluding hydrogens is 433 g/mol. The lowest BCUT2D eigenvalue weighted by molar-refractivity contribution is -0.137. The van der Waals surface area contributed by atoms with Crippen molar-refractivity contribution in [2.45, 2.75) is 18.0 Å². The Morgan fingerprint density at radius 2 is 1.68 bits per heavy atom. The molecule has 0 fully saturated rings. The molecule has 0 spiro atoms. The number of benzene rings is 3. The van der Waals surface area contributed by atoms with E-state index in [0.717, 1.165) is 23.8 Å². The molecule has 0 aliphatic heterocycles. The predicted molar refractivity (Wildman–Crippen MR) is 108 cm³/mol. The van der Waals surface area contributed by atoms with Crippen LogP contribution in [0.1, 0.15) is 21.5 Å². The second kappa shape index (κ2) is 8.40. The summed E-state index contributed by atoms with van der Waals surface area (Å²) in [5.74, 6) is -0.688. The van der Waals surface area contributed by atoms with Gasteiger partial charge in [0.05, 0.1) is 16.0 Å². The van der Waals surface area contributed by atoms with E-state index < -0.39 is 27.7 Å². The third-order valence-electron chi connectivity index (χ3n) is 4.22. The van der Waals surface area contributed by atoms with Gasteiger partial charge in [0.15, 0.2) is 0 Å². The van der Waals surface area contributed by atoms with Gasteiger partial charge in [-0.1, -0.05) is 23.8 Å². The van der Waals surface area contributed by atoms with Gasteiger partial charge in [-0.05, 0) is 55.5 Å². The van der Waals surface area contributed by atoms with Crippen molar-refractivity contribution in [1.82, 2.24) is 0 Å². The summed E-state index contributed by atoms with van der Waals surface area (Å²) in [6.07, 6.45) is -4.68. The number of halogens is 3. The van der Waals surface area contributed by atoms with Crippen LogP contribution in [0.15, 0.2) is 71.6 Å². The number of hydrogen-bond donors (Lipinski definition) is 2. The molecule has 0 saturated heterocycles. The largest absolute Gasteiger partial charge is 0.457 e. The number of rotatable bonds is 5. The Balaban J connectivity index is 1.98. The van der Waals surface area contributed by atoms with Crippen molar-refractivity contribution in [2.75, 3.05) is 5.32 Å². The number of sulfonamides is 1. The summed E-state index contributed by atoms with van der Waals surface area (Å²) in [5.41, 5.74) is -0.425. The molecular formula is C21H17F3N2O4S. The fraction of sp³-hybridized carbons (Fsp3) is 0.0952. The number of primary sulfonamides is 1. The minimum absolute atomic E-state index is 0.0372. The van der Waals surface area contributed by atoms with Crippen LogP contribution in [0.25, 0.3) is 0 Å². The summed E-state index contributed by atoms with van der Waals surface area (Å²) in [4.78, 5) is 12.5. The molecule has 0 saturated carbocycles. The van der Waals surface area contributed by atoms with Crippen molar-refractivity contribution in [2.24, 2.45) is 5.14 Å². The maximum Gasteiger partial charge on any atom is 0.416 e. The van der Waals surface area contributed by atoms with E-state index in [1.54, 1.807) is 24.3 Å². The second-order valence-corrected chi connectivity index (χ2v) is 8.21. The molecule has 0 bridgehead atoms. The van der Waals surface area contributed by atoms with Crippen LogP contribution in [0, 0.1) is 6.92 Å². The van der Waals surface area contributed by atoms with Crippen molar-refractivity contribution in [1.29, 1.82) is 0 Å². The van der Waals surface area contributed by atoms with Gasteiger partial charge in [-0.2, -0.15) is 13.2 Å². The Labute approximate surface area is 176 Å². The van der Waals surface area contributed by atoms with Gasteiger partial charge in [-0.15, -0.1) is 0 Å². The Morgan fingerprint density at radius 3 is 2.29 bits per heavy atom. The molecule has 0 unspecified atom stereocenters. The number of aryl methyl sites for hydroxylation is 1. The van der Waals surface area contributed by atoms with Gasteiger partial charge in [0.25, 0.3) is 5.91 Å². The Morgan fingerprint density at radius 1 is 1.00 bits per heavy atom.